The minimum absolute atomic E-state index is 0.0673. The number of anilines is 2. The maximum atomic E-state index is 12.1. The van der Waals surface area contributed by atoms with E-state index in [4.69, 9.17) is 4.74 Å². The van der Waals surface area contributed by atoms with Crippen molar-refractivity contribution in [1.82, 2.24) is 10.3 Å². The predicted molar refractivity (Wildman–Crippen MR) is 81.5 cm³/mol. The fourth-order valence-electron chi connectivity index (χ4n) is 2.76. The van der Waals surface area contributed by atoms with Crippen molar-refractivity contribution in [2.45, 2.75) is 12.8 Å². The molecule has 6 heteroatoms. The first-order valence-corrected chi connectivity index (χ1v) is 7.63. The van der Waals surface area contributed by atoms with Crippen molar-refractivity contribution in [3.05, 3.63) is 18.3 Å². The summed E-state index contributed by atoms with van der Waals surface area (Å²) in [4.78, 5) is 18.8. The van der Waals surface area contributed by atoms with E-state index in [1.807, 2.05) is 12.1 Å². The number of hydrogen-bond acceptors (Lipinski definition) is 5. The molecule has 0 radical (unpaired) electrons. The van der Waals surface area contributed by atoms with Gasteiger partial charge in [-0.25, -0.2) is 4.98 Å². The van der Waals surface area contributed by atoms with Gasteiger partial charge in [0.05, 0.1) is 31.0 Å². The van der Waals surface area contributed by atoms with E-state index in [-0.39, 0.29) is 11.8 Å². The zero-order valence-electron chi connectivity index (χ0n) is 12.2. The summed E-state index contributed by atoms with van der Waals surface area (Å²) in [6.07, 6.45) is 3.75. The Labute approximate surface area is 124 Å². The lowest BCUT2D eigenvalue weighted by Gasteiger charge is -2.27. The maximum Gasteiger partial charge on any atom is 0.228 e. The molecule has 0 aromatic carbocycles. The van der Waals surface area contributed by atoms with Crippen molar-refractivity contribution in [2.75, 3.05) is 49.6 Å². The van der Waals surface area contributed by atoms with Crippen molar-refractivity contribution >= 4 is 17.4 Å². The van der Waals surface area contributed by atoms with E-state index in [0.717, 1.165) is 63.7 Å². The minimum Gasteiger partial charge on any atom is -0.378 e. The highest BCUT2D eigenvalue weighted by atomic mass is 16.5. The molecule has 1 atom stereocenters. The Morgan fingerprint density at radius 2 is 2.24 bits per heavy atom. The predicted octanol–water partition coefficient (Wildman–Crippen LogP) is 0.856. The monoisotopic (exact) mass is 290 g/mol. The first-order valence-electron chi connectivity index (χ1n) is 7.63. The number of ether oxygens (including phenoxy) is 1. The standard InChI is InChI=1S/C15H22N4O2/c20-15(12-2-1-5-16-10-12)18-13-3-4-14(17-11-13)19-6-8-21-9-7-19/h3-4,11-12,16H,1-2,5-10H2,(H,18,20)/t12-/m1/s1. The largest absolute Gasteiger partial charge is 0.378 e. The molecule has 1 aromatic rings. The lowest BCUT2D eigenvalue weighted by molar-refractivity contribution is -0.120. The van der Waals surface area contributed by atoms with E-state index < -0.39 is 0 Å². The van der Waals surface area contributed by atoms with Crippen molar-refractivity contribution in [1.29, 1.82) is 0 Å². The van der Waals surface area contributed by atoms with Crippen molar-refractivity contribution in [3.63, 3.8) is 0 Å². The molecule has 1 amide bonds. The lowest BCUT2D eigenvalue weighted by Crippen LogP contribution is -2.37. The van der Waals surface area contributed by atoms with Crippen LogP contribution in [0.3, 0.4) is 0 Å². The summed E-state index contributed by atoms with van der Waals surface area (Å²) < 4.78 is 5.33. The topological polar surface area (TPSA) is 66.5 Å². The number of carbonyl (C=O) groups excluding carboxylic acids is 1. The number of hydrogen-bond donors (Lipinski definition) is 2. The summed E-state index contributed by atoms with van der Waals surface area (Å²) in [6, 6.07) is 3.88. The van der Waals surface area contributed by atoms with Gasteiger partial charge in [-0.1, -0.05) is 0 Å². The molecule has 0 saturated carbocycles. The molecular weight excluding hydrogens is 268 g/mol. The number of piperidine rings is 1. The number of aromatic nitrogens is 1. The van der Waals surface area contributed by atoms with Crippen molar-refractivity contribution < 1.29 is 9.53 Å². The summed E-state index contributed by atoms with van der Waals surface area (Å²) in [5.41, 5.74) is 0.766. The van der Waals surface area contributed by atoms with Crippen LogP contribution >= 0.6 is 0 Å². The molecule has 2 saturated heterocycles. The summed E-state index contributed by atoms with van der Waals surface area (Å²) in [5, 5.41) is 6.22. The number of pyridine rings is 1. The van der Waals surface area contributed by atoms with Gasteiger partial charge in [-0.2, -0.15) is 0 Å². The molecule has 21 heavy (non-hydrogen) atoms. The quantitative estimate of drug-likeness (QED) is 0.864. The van der Waals surface area contributed by atoms with Crippen LogP contribution in [0.1, 0.15) is 12.8 Å². The number of amides is 1. The van der Waals surface area contributed by atoms with Gasteiger partial charge in [0.2, 0.25) is 5.91 Å². The van der Waals surface area contributed by atoms with Crippen molar-refractivity contribution in [2.24, 2.45) is 5.92 Å². The maximum absolute atomic E-state index is 12.1. The highest BCUT2D eigenvalue weighted by Crippen LogP contribution is 2.17. The van der Waals surface area contributed by atoms with Gasteiger partial charge in [0.25, 0.3) is 0 Å². The third-order valence-corrected chi connectivity index (χ3v) is 4.02. The normalized spacial score (nSPS) is 22.9. The Kier molecular flexibility index (Phi) is 4.67. The fourth-order valence-corrected chi connectivity index (χ4v) is 2.76. The molecule has 3 rings (SSSR count). The SMILES string of the molecule is O=C(Nc1ccc(N2CCOCC2)nc1)[C@@H]1CCCNC1. The number of rotatable bonds is 3. The molecule has 0 aliphatic carbocycles. The van der Waals surface area contributed by atoms with Gasteiger partial charge >= 0.3 is 0 Å². The molecule has 2 fully saturated rings. The summed E-state index contributed by atoms with van der Waals surface area (Å²) in [6.45, 7) is 5.01. The zero-order chi connectivity index (χ0) is 14.5. The second kappa shape index (κ2) is 6.87. The molecule has 0 unspecified atom stereocenters. The summed E-state index contributed by atoms with van der Waals surface area (Å²) >= 11 is 0. The fraction of sp³-hybridized carbons (Fsp3) is 0.600. The molecule has 2 aliphatic rings. The Morgan fingerprint density at radius 3 is 2.90 bits per heavy atom. The van der Waals surface area contributed by atoms with Crippen LogP contribution in [-0.2, 0) is 9.53 Å². The third-order valence-electron chi connectivity index (χ3n) is 4.02. The molecule has 3 heterocycles. The van der Waals surface area contributed by atoms with Gasteiger partial charge in [0.1, 0.15) is 5.82 Å². The smallest absolute Gasteiger partial charge is 0.228 e. The van der Waals surface area contributed by atoms with Gasteiger partial charge in [-0.05, 0) is 31.5 Å². The van der Waals surface area contributed by atoms with Crippen LogP contribution in [0.5, 0.6) is 0 Å². The Bertz CT molecular complexity index is 465. The first-order chi connectivity index (χ1) is 10.3. The van der Waals surface area contributed by atoms with Gasteiger partial charge in [-0.15, -0.1) is 0 Å². The summed E-state index contributed by atoms with van der Waals surface area (Å²) in [5.74, 6) is 1.09. The van der Waals surface area contributed by atoms with E-state index >= 15 is 0 Å². The molecule has 0 spiro atoms. The highest BCUT2D eigenvalue weighted by molar-refractivity contribution is 5.92. The van der Waals surface area contributed by atoms with Gasteiger partial charge in [0.15, 0.2) is 0 Å². The molecule has 2 N–H and O–H groups in total. The second-order valence-corrected chi connectivity index (χ2v) is 5.54. The number of nitrogens with zero attached hydrogens (tertiary/aromatic N) is 2. The summed E-state index contributed by atoms with van der Waals surface area (Å²) in [7, 11) is 0. The zero-order valence-corrected chi connectivity index (χ0v) is 12.2. The minimum atomic E-state index is 0.0673. The average molecular weight is 290 g/mol. The van der Waals surface area contributed by atoms with Crippen LogP contribution in [-0.4, -0.2) is 50.3 Å². The lowest BCUT2D eigenvalue weighted by atomic mass is 9.99. The molecular formula is C15H22N4O2. The molecule has 6 nitrogen and oxygen atoms in total. The number of nitrogens with one attached hydrogen (secondary N) is 2. The van der Waals surface area contributed by atoms with E-state index in [0.29, 0.717) is 0 Å². The molecule has 114 valence electrons. The first kappa shape index (κ1) is 14.3. The molecule has 0 bridgehead atoms. The van der Waals surface area contributed by atoms with E-state index in [1.54, 1.807) is 6.20 Å². The Hall–Kier alpha value is -1.66. The van der Waals surface area contributed by atoms with Gasteiger partial charge in [0, 0.05) is 19.6 Å². The van der Waals surface area contributed by atoms with Crippen LogP contribution in [0.2, 0.25) is 0 Å². The van der Waals surface area contributed by atoms with Gasteiger partial charge < -0.3 is 20.3 Å². The van der Waals surface area contributed by atoms with E-state index in [1.165, 1.54) is 0 Å². The Morgan fingerprint density at radius 1 is 1.38 bits per heavy atom. The molecule has 2 aliphatic heterocycles. The Balaban J connectivity index is 1.57. The molecule has 1 aromatic heterocycles. The van der Waals surface area contributed by atoms with Gasteiger partial charge in [-0.3, -0.25) is 4.79 Å². The van der Waals surface area contributed by atoms with Crippen LogP contribution in [0, 0.1) is 5.92 Å². The van der Waals surface area contributed by atoms with Crippen LogP contribution in [0.15, 0.2) is 18.3 Å². The average Bonchev–Trinajstić information content (AvgIpc) is 2.57. The van der Waals surface area contributed by atoms with Crippen LogP contribution < -0.4 is 15.5 Å². The second-order valence-electron chi connectivity index (χ2n) is 5.54. The van der Waals surface area contributed by atoms with E-state index in [9.17, 15) is 4.79 Å². The van der Waals surface area contributed by atoms with Crippen LogP contribution in [0.25, 0.3) is 0 Å². The number of morpholine rings is 1. The third kappa shape index (κ3) is 3.71. The highest BCUT2D eigenvalue weighted by Gasteiger charge is 2.21. The van der Waals surface area contributed by atoms with E-state index in [2.05, 4.69) is 20.5 Å². The van der Waals surface area contributed by atoms with Crippen molar-refractivity contribution in [3.8, 4) is 0 Å². The number of carbonyl (C=O) groups is 1. The van der Waals surface area contributed by atoms with Crippen LogP contribution in [0.4, 0.5) is 11.5 Å².